The van der Waals surface area contributed by atoms with Crippen molar-refractivity contribution in [3.8, 4) is 0 Å². The molecule has 1 aromatic rings. The topological polar surface area (TPSA) is 84.5 Å². The molecule has 0 aromatic heterocycles. The van der Waals surface area contributed by atoms with Gasteiger partial charge in [-0.1, -0.05) is 6.92 Å². The van der Waals surface area contributed by atoms with Crippen molar-refractivity contribution in [3.05, 3.63) is 23.8 Å². The van der Waals surface area contributed by atoms with E-state index in [0.29, 0.717) is 16.1 Å². The van der Waals surface area contributed by atoms with E-state index in [-0.39, 0.29) is 11.8 Å². The molecule has 0 bridgehead atoms. The predicted octanol–water partition coefficient (Wildman–Crippen LogP) is 2.08. The summed E-state index contributed by atoms with van der Waals surface area (Å²) in [6, 6.07) is 4.85. The largest absolute Gasteiger partial charge is 0.453 e. The zero-order chi connectivity index (χ0) is 15.5. The Bertz CT molecular complexity index is 622. The minimum atomic E-state index is -3.30. The molecule has 1 unspecified atom stereocenters. The van der Waals surface area contributed by atoms with E-state index in [1.165, 1.54) is 7.11 Å². The van der Waals surface area contributed by atoms with Crippen molar-refractivity contribution in [2.75, 3.05) is 24.7 Å². The van der Waals surface area contributed by atoms with E-state index in [2.05, 4.69) is 15.4 Å². The number of methoxy groups -OCH3 is 1. The number of benzene rings is 1. The van der Waals surface area contributed by atoms with E-state index in [1.807, 2.05) is 0 Å². The Balaban J connectivity index is 2.43. The van der Waals surface area contributed by atoms with Crippen LogP contribution in [0.1, 0.15) is 31.4 Å². The van der Waals surface area contributed by atoms with Crippen molar-refractivity contribution in [1.82, 2.24) is 5.32 Å². The highest BCUT2D eigenvalue weighted by Crippen LogP contribution is 2.31. The van der Waals surface area contributed by atoms with Crippen LogP contribution in [0.2, 0.25) is 0 Å². The lowest BCUT2D eigenvalue weighted by atomic mass is 10.0. The first kappa shape index (κ1) is 15.8. The van der Waals surface area contributed by atoms with Gasteiger partial charge in [-0.05, 0) is 43.1 Å². The molecular weight excluding hydrogens is 292 g/mol. The molecule has 1 fully saturated rings. The van der Waals surface area contributed by atoms with Gasteiger partial charge in [-0.2, -0.15) is 0 Å². The Morgan fingerprint density at radius 1 is 1.48 bits per heavy atom. The maximum Gasteiger partial charge on any atom is 0.411 e. The number of anilines is 1. The van der Waals surface area contributed by atoms with E-state index in [4.69, 9.17) is 0 Å². The molecule has 21 heavy (non-hydrogen) atoms. The normalized spacial score (nSPS) is 18.5. The van der Waals surface area contributed by atoms with Gasteiger partial charge in [-0.15, -0.1) is 0 Å². The molecule has 7 heteroatoms. The van der Waals surface area contributed by atoms with Crippen molar-refractivity contribution in [2.24, 2.45) is 0 Å². The Kier molecular flexibility index (Phi) is 4.84. The van der Waals surface area contributed by atoms with Crippen LogP contribution in [0.3, 0.4) is 0 Å². The van der Waals surface area contributed by atoms with Gasteiger partial charge in [0.1, 0.15) is 0 Å². The Morgan fingerprint density at radius 2 is 2.24 bits per heavy atom. The van der Waals surface area contributed by atoms with Gasteiger partial charge in [-0.3, -0.25) is 5.32 Å². The zero-order valence-electron chi connectivity index (χ0n) is 12.2. The molecule has 0 saturated carbocycles. The molecule has 2 N–H and O–H groups in total. The standard InChI is InChI=1S/C14H20N2O4S/c1-3-21(18,19)13-7-6-10(16-14(17)20-2)9-11(13)12-5-4-8-15-12/h6-7,9,12,15H,3-5,8H2,1-2H3,(H,16,17). The second-order valence-electron chi connectivity index (χ2n) is 4.92. The number of rotatable bonds is 4. The molecule has 116 valence electrons. The molecule has 6 nitrogen and oxygen atoms in total. The third-order valence-corrected chi connectivity index (χ3v) is 5.39. The molecule has 1 aliphatic heterocycles. The van der Waals surface area contributed by atoms with E-state index >= 15 is 0 Å². The number of amides is 1. The van der Waals surface area contributed by atoms with E-state index in [1.54, 1.807) is 25.1 Å². The smallest absolute Gasteiger partial charge is 0.411 e. The van der Waals surface area contributed by atoms with Gasteiger partial charge in [0.15, 0.2) is 9.84 Å². The molecule has 1 aromatic carbocycles. The summed E-state index contributed by atoms with van der Waals surface area (Å²) in [5.74, 6) is 0.0521. The second kappa shape index (κ2) is 6.44. The molecule has 2 rings (SSSR count). The van der Waals surface area contributed by atoms with Crippen LogP contribution in [0.25, 0.3) is 0 Å². The van der Waals surface area contributed by atoms with Crippen molar-refractivity contribution in [1.29, 1.82) is 0 Å². The zero-order valence-corrected chi connectivity index (χ0v) is 13.0. The Morgan fingerprint density at radius 3 is 2.81 bits per heavy atom. The highest BCUT2D eigenvalue weighted by Gasteiger charge is 2.25. The summed E-state index contributed by atoms with van der Waals surface area (Å²) >= 11 is 0. The summed E-state index contributed by atoms with van der Waals surface area (Å²) in [6.07, 6.45) is 1.31. The molecule has 1 atom stereocenters. The molecule has 1 aliphatic rings. The van der Waals surface area contributed by atoms with Crippen LogP contribution in [0.15, 0.2) is 23.1 Å². The molecule has 1 heterocycles. The molecule has 0 aliphatic carbocycles. The summed E-state index contributed by atoms with van der Waals surface area (Å²) < 4.78 is 29.0. The van der Waals surface area contributed by atoms with Crippen molar-refractivity contribution < 1.29 is 17.9 Å². The first-order chi connectivity index (χ1) is 9.97. The first-order valence-corrected chi connectivity index (χ1v) is 8.58. The van der Waals surface area contributed by atoms with Crippen LogP contribution in [0, 0.1) is 0 Å². The summed E-state index contributed by atoms with van der Waals surface area (Å²) in [5.41, 5.74) is 1.24. The van der Waals surface area contributed by atoms with Gasteiger partial charge in [0.2, 0.25) is 0 Å². The van der Waals surface area contributed by atoms with Crippen LogP contribution in [0.5, 0.6) is 0 Å². The highest BCUT2D eigenvalue weighted by atomic mass is 32.2. The molecule has 0 spiro atoms. The van der Waals surface area contributed by atoms with Gasteiger partial charge in [0.25, 0.3) is 0 Å². The molecule has 1 amide bonds. The van der Waals surface area contributed by atoms with Gasteiger partial charge in [0.05, 0.1) is 17.8 Å². The van der Waals surface area contributed by atoms with Crippen LogP contribution in [0.4, 0.5) is 10.5 Å². The number of carbonyl (C=O) groups excluding carboxylic acids is 1. The summed E-state index contributed by atoms with van der Waals surface area (Å²) in [5, 5.41) is 5.86. The lowest BCUT2D eigenvalue weighted by Gasteiger charge is -2.17. The molecule has 1 saturated heterocycles. The fourth-order valence-corrected chi connectivity index (χ4v) is 3.60. The maximum absolute atomic E-state index is 12.2. The monoisotopic (exact) mass is 312 g/mol. The number of hydrogen-bond donors (Lipinski definition) is 2. The minimum absolute atomic E-state index is 0.000668. The summed E-state index contributed by atoms with van der Waals surface area (Å²) in [4.78, 5) is 11.6. The van der Waals surface area contributed by atoms with E-state index < -0.39 is 15.9 Å². The average Bonchev–Trinajstić information content (AvgIpc) is 3.01. The fraction of sp³-hybridized carbons (Fsp3) is 0.500. The second-order valence-corrected chi connectivity index (χ2v) is 7.17. The van der Waals surface area contributed by atoms with Gasteiger partial charge in [-0.25, -0.2) is 13.2 Å². The predicted molar refractivity (Wildman–Crippen MR) is 80.2 cm³/mol. The Hall–Kier alpha value is -1.60. The van der Waals surface area contributed by atoms with Gasteiger partial charge >= 0.3 is 6.09 Å². The maximum atomic E-state index is 12.2. The van der Waals surface area contributed by atoms with Crippen LogP contribution >= 0.6 is 0 Å². The SMILES string of the molecule is CCS(=O)(=O)c1ccc(NC(=O)OC)cc1C1CCCN1. The average molecular weight is 312 g/mol. The molecular formula is C14H20N2O4S. The van der Waals surface area contributed by atoms with Crippen molar-refractivity contribution in [2.45, 2.75) is 30.7 Å². The number of nitrogens with one attached hydrogen (secondary N) is 2. The van der Waals surface area contributed by atoms with Crippen LogP contribution in [-0.2, 0) is 14.6 Å². The number of carbonyl (C=O) groups is 1. The number of hydrogen-bond acceptors (Lipinski definition) is 5. The van der Waals surface area contributed by atoms with Gasteiger partial charge < -0.3 is 10.1 Å². The lowest BCUT2D eigenvalue weighted by Crippen LogP contribution is -2.18. The molecule has 0 radical (unpaired) electrons. The van der Waals surface area contributed by atoms with Crippen LogP contribution in [-0.4, -0.2) is 33.9 Å². The fourth-order valence-electron chi connectivity index (χ4n) is 2.46. The van der Waals surface area contributed by atoms with E-state index in [0.717, 1.165) is 19.4 Å². The van der Waals surface area contributed by atoms with Gasteiger partial charge in [0, 0.05) is 11.7 Å². The van der Waals surface area contributed by atoms with Crippen molar-refractivity contribution in [3.63, 3.8) is 0 Å². The summed E-state index contributed by atoms with van der Waals surface area (Å²) in [6.45, 7) is 2.49. The number of sulfone groups is 1. The third kappa shape index (κ3) is 3.54. The highest BCUT2D eigenvalue weighted by molar-refractivity contribution is 7.91. The van der Waals surface area contributed by atoms with Crippen LogP contribution < -0.4 is 10.6 Å². The summed E-state index contributed by atoms with van der Waals surface area (Å²) in [7, 11) is -2.02. The minimum Gasteiger partial charge on any atom is -0.453 e. The number of ether oxygens (including phenoxy) is 1. The van der Waals surface area contributed by atoms with Crippen molar-refractivity contribution >= 4 is 21.6 Å². The lowest BCUT2D eigenvalue weighted by molar-refractivity contribution is 0.187. The Labute approximate surface area is 124 Å². The third-order valence-electron chi connectivity index (χ3n) is 3.59. The first-order valence-electron chi connectivity index (χ1n) is 6.93. The van der Waals surface area contributed by atoms with E-state index in [9.17, 15) is 13.2 Å². The quantitative estimate of drug-likeness (QED) is 0.889.